The summed E-state index contributed by atoms with van der Waals surface area (Å²) in [7, 11) is 0. The van der Waals surface area contributed by atoms with Crippen molar-refractivity contribution in [3.05, 3.63) is 0 Å². The fraction of sp³-hybridized carbons (Fsp3) is 0.939. The van der Waals surface area contributed by atoms with Crippen LogP contribution in [0.25, 0.3) is 0 Å². The van der Waals surface area contributed by atoms with Gasteiger partial charge in [-0.3, -0.25) is 14.4 Å². The largest absolute Gasteiger partial charge is 0.462 e. The van der Waals surface area contributed by atoms with E-state index in [2.05, 4.69) is 34.6 Å². The molecule has 0 aliphatic heterocycles. The summed E-state index contributed by atoms with van der Waals surface area (Å²) in [6.07, 6.45) is 40.9. The Bertz CT molecular complexity index is 843. The molecule has 0 rings (SSSR count). The fourth-order valence-corrected chi connectivity index (χ4v) is 7.22. The summed E-state index contributed by atoms with van der Waals surface area (Å²) in [6, 6.07) is 0. The molecule has 6 nitrogen and oxygen atoms in total. The van der Waals surface area contributed by atoms with Crippen molar-refractivity contribution < 1.29 is 28.6 Å². The molecule has 0 bridgehead atoms. The fourth-order valence-electron chi connectivity index (χ4n) is 7.22. The number of carbonyl (C=O) groups is 3. The lowest BCUT2D eigenvalue weighted by Crippen LogP contribution is -2.30. The van der Waals surface area contributed by atoms with E-state index in [1.165, 1.54) is 154 Å². The predicted octanol–water partition coefficient (Wildman–Crippen LogP) is 15.4. The second-order valence-electron chi connectivity index (χ2n) is 17.2. The molecule has 0 aromatic carbocycles. The molecule has 0 amide bonds. The van der Waals surface area contributed by atoms with Crippen molar-refractivity contribution >= 4 is 17.9 Å². The first-order valence-electron chi connectivity index (χ1n) is 24.3. The topological polar surface area (TPSA) is 78.9 Å². The summed E-state index contributed by atoms with van der Waals surface area (Å²) in [4.78, 5) is 37.7. The molecule has 0 fully saturated rings. The summed E-state index contributed by atoms with van der Waals surface area (Å²) >= 11 is 0. The molecular weight excluding hydrogens is 685 g/mol. The number of hydrogen-bond acceptors (Lipinski definition) is 6. The first-order chi connectivity index (χ1) is 26.8. The Labute approximate surface area is 342 Å². The van der Waals surface area contributed by atoms with Crippen molar-refractivity contribution in [2.24, 2.45) is 11.8 Å². The lowest BCUT2D eigenvalue weighted by molar-refractivity contribution is -0.167. The highest BCUT2D eigenvalue weighted by Crippen LogP contribution is 2.18. The summed E-state index contributed by atoms with van der Waals surface area (Å²) in [5.41, 5.74) is 0. The molecular formula is C49H94O6. The van der Waals surface area contributed by atoms with Gasteiger partial charge in [0.25, 0.3) is 0 Å². The number of unbranched alkanes of at least 4 members (excludes halogenated alkanes) is 26. The van der Waals surface area contributed by atoms with Crippen molar-refractivity contribution in [2.45, 2.75) is 272 Å². The Morgan fingerprint density at radius 3 is 0.945 bits per heavy atom. The van der Waals surface area contributed by atoms with E-state index in [4.69, 9.17) is 14.2 Å². The quantitative estimate of drug-likeness (QED) is 0.0348. The van der Waals surface area contributed by atoms with Crippen LogP contribution in [0, 0.1) is 11.8 Å². The average molecular weight is 779 g/mol. The zero-order valence-electron chi connectivity index (χ0n) is 37.6. The Morgan fingerprint density at radius 2 is 0.636 bits per heavy atom. The maximum atomic E-state index is 12.7. The Morgan fingerprint density at radius 1 is 0.364 bits per heavy atom. The van der Waals surface area contributed by atoms with Crippen LogP contribution in [0.4, 0.5) is 0 Å². The van der Waals surface area contributed by atoms with Crippen molar-refractivity contribution in [1.82, 2.24) is 0 Å². The highest BCUT2D eigenvalue weighted by atomic mass is 16.6. The zero-order valence-corrected chi connectivity index (χ0v) is 37.6. The number of carbonyl (C=O) groups excluding carboxylic acids is 3. The maximum absolute atomic E-state index is 12.7. The number of rotatable bonds is 43. The van der Waals surface area contributed by atoms with Gasteiger partial charge in [0.15, 0.2) is 6.10 Å². The van der Waals surface area contributed by atoms with Gasteiger partial charge in [0.1, 0.15) is 13.2 Å². The molecule has 0 spiro atoms. The van der Waals surface area contributed by atoms with Crippen LogP contribution in [0.2, 0.25) is 0 Å². The van der Waals surface area contributed by atoms with Crippen LogP contribution in [-0.4, -0.2) is 37.2 Å². The van der Waals surface area contributed by atoms with E-state index in [0.717, 1.165) is 69.6 Å². The van der Waals surface area contributed by atoms with Crippen LogP contribution in [0.15, 0.2) is 0 Å². The van der Waals surface area contributed by atoms with Crippen molar-refractivity contribution in [1.29, 1.82) is 0 Å². The van der Waals surface area contributed by atoms with E-state index < -0.39 is 6.10 Å². The average Bonchev–Trinajstić information content (AvgIpc) is 3.18. The van der Waals surface area contributed by atoms with Crippen LogP contribution < -0.4 is 0 Å². The molecule has 3 atom stereocenters. The lowest BCUT2D eigenvalue weighted by Gasteiger charge is -2.18. The maximum Gasteiger partial charge on any atom is 0.306 e. The summed E-state index contributed by atoms with van der Waals surface area (Å²) in [5, 5.41) is 0. The molecule has 6 heteroatoms. The molecule has 0 saturated heterocycles. The van der Waals surface area contributed by atoms with Crippen LogP contribution in [0.5, 0.6) is 0 Å². The highest BCUT2D eigenvalue weighted by Gasteiger charge is 2.19. The first kappa shape index (κ1) is 53.4. The highest BCUT2D eigenvalue weighted by molar-refractivity contribution is 5.71. The molecule has 0 heterocycles. The molecule has 0 saturated carbocycles. The second-order valence-corrected chi connectivity index (χ2v) is 17.2. The van der Waals surface area contributed by atoms with E-state index in [1.807, 2.05) is 0 Å². The van der Waals surface area contributed by atoms with Gasteiger partial charge in [0.2, 0.25) is 0 Å². The van der Waals surface area contributed by atoms with Crippen molar-refractivity contribution in [3.8, 4) is 0 Å². The van der Waals surface area contributed by atoms with E-state index in [0.29, 0.717) is 19.3 Å². The second kappa shape index (κ2) is 42.0. The molecule has 2 unspecified atom stereocenters. The van der Waals surface area contributed by atoms with E-state index in [-0.39, 0.29) is 31.1 Å². The monoisotopic (exact) mass is 779 g/mol. The number of esters is 3. The van der Waals surface area contributed by atoms with Gasteiger partial charge in [-0.05, 0) is 31.1 Å². The molecule has 0 aliphatic rings. The molecule has 55 heavy (non-hydrogen) atoms. The van der Waals surface area contributed by atoms with Gasteiger partial charge in [-0.25, -0.2) is 0 Å². The first-order valence-corrected chi connectivity index (χ1v) is 24.3. The van der Waals surface area contributed by atoms with Crippen LogP contribution in [0.3, 0.4) is 0 Å². The minimum Gasteiger partial charge on any atom is -0.462 e. The third-order valence-electron chi connectivity index (χ3n) is 11.7. The van der Waals surface area contributed by atoms with E-state index >= 15 is 0 Å². The molecule has 0 radical (unpaired) electrons. The van der Waals surface area contributed by atoms with Crippen LogP contribution >= 0.6 is 0 Å². The molecule has 0 aromatic rings. The van der Waals surface area contributed by atoms with Gasteiger partial charge in [0.05, 0.1) is 0 Å². The number of ether oxygens (including phenoxy) is 3. The van der Waals surface area contributed by atoms with E-state index in [1.54, 1.807) is 0 Å². The smallest absolute Gasteiger partial charge is 0.306 e. The Balaban J connectivity index is 4.23. The van der Waals surface area contributed by atoms with Crippen LogP contribution in [-0.2, 0) is 28.6 Å². The van der Waals surface area contributed by atoms with Gasteiger partial charge in [-0.1, -0.05) is 227 Å². The summed E-state index contributed by atoms with van der Waals surface area (Å²) in [5.74, 6) is 0.882. The van der Waals surface area contributed by atoms with Crippen molar-refractivity contribution in [3.63, 3.8) is 0 Å². The third-order valence-corrected chi connectivity index (χ3v) is 11.7. The zero-order chi connectivity index (χ0) is 40.5. The molecule has 0 N–H and O–H groups in total. The van der Waals surface area contributed by atoms with E-state index in [9.17, 15) is 14.4 Å². The Hall–Kier alpha value is -1.59. The van der Waals surface area contributed by atoms with Gasteiger partial charge < -0.3 is 14.2 Å². The normalized spacial score (nSPS) is 13.0. The Kier molecular flexibility index (Phi) is 40.8. The van der Waals surface area contributed by atoms with Gasteiger partial charge in [-0.2, -0.15) is 0 Å². The van der Waals surface area contributed by atoms with Crippen molar-refractivity contribution in [2.75, 3.05) is 13.2 Å². The minimum atomic E-state index is -0.760. The van der Waals surface area contributed by atoms with Crippen LogP contribution in [0.1, 0.15) is 266 Å². The molecule has 326 valence electrons. The SMILES string of the molecule is CCCCCCCCCC(=O)OC[C@H](COC(=O)CCCCCCCCCCC(C)CC)OC(=O)CCCCCCCCCCCCCCCCC(C)CC. The van der Waals surface area contributed by atoms with Gasteiger partial charge in [0, 0.05) is 19.3 Å². The minimum absolute atomic E-state index is 0.0652. The van der Waals surface area contributed by atoms with Gasteiger partial charge in [-0.15, -0.1) is 0 Å². The number of hydrogen-bond donors (Lipinski definition) is 0. The molecule has 0 aliphatic carbocycles. The van der Waals surface area contributed by atoms with Gasteiger partial charge >= 0.3 is 17.9 Å². The summed E-state index contributed by atoms with van der Waals surface area (Å²) < 4.78 is 16.7. The molecule has 0 aromatic heterocycles. The summed E-state index contributed by atoms with van der Waals surface area (Å²) in [6.45, 7) is 11.4. The third kappa shape index (κ3) is 40.4. The predicted molar refractivity (Wildman–Crippen MR) is 233 cm³/mol. The standard InChI is InChI=1S/C49H94O6/c1-6-9-10-11-22-29-34-39-47(50)53-42-46(43-54-48(51)40-35-30-25-21-20-24-28-33-38-45(5)8-3)55-49(52)41-36-31-26-19-17-15-13-12-14-16-18-23-27-32-37-44(4)7-2/h44-46H,6-43H2,1-5H3/t44?,45?,46-/m1/s1. The lowest BCUT2D eigenvalue weighted by atomic mass is 9.99.